The molecule has 1 aliphatic heterocycles. The maximum Gasteiger partial charge on any atom is 0.257 e. The lowest BCUT2D eigenvalue weighted by molar-refractivity contribution is -0.122. The maximum absolute atomic E-state index is 13.2. The average molecular weight is 474 g/mol. The predicted molar refractivity (Wildman–Crippen MR) is 131 cm³/mol. The summed E-state index contributed by atoms with van der Waals surface area (Å²) in [5.74, 6) is -0.0796. The molecule has 35 heavy (non-hydrogen) atoms. The molecule has 1 aromatic carbocycles. The number of amides is 2. The lowest BCUT2D eigenvalue weighted by atomic mass is 9.71. The van der Waals surface area contributed by atoms with Crippen LogP contribution in [0.5, 0.6) is 0 Å². The Hall–Kier alpha value is -3.52. The number of ether oxygens (including phenoxy) is 1. The molecule has 0 bridgehead atoms. The molecule has 1 aliphatic carbocycles. The average Bonchev–Trinajstić information content (AvgIpc) is 3.46. The topological polar surface area (TPSA) is 89.4 Å². The van der Waals surface area contributed by atoms with Gasteiger partial charge in [0.05, 0.1) is 36.2 Å². The molecule has 2 amide bonds. The van der Waals surface area contributed by atoms with Crippen LogP contribution in [-0.4, -0.2) is 50.7 Å². The molecule has 0 radical (unpaired) electrons. The van der Waals surface area contributed by atoms with E-state index in [1.807, 2.05) is 48.4 Å². The Morgan fingerprint density at radius 2 is 1.91 bits per heavy atom. The Morgan fingerprint density at radius 3 is 2.60 bits per heavy atom. The summed E-state index contributed by atoms with van der Waals surface area (Å²) in [6.07, 6.45) is 6.45. The Balaban J connectivity index is 1.42. The van der Waals surface area contributed by atoms with Crippen LogP contribution < -0.4 is 5.32 Å². The van der Waals surface area contributed by atoms with Crippen molar-refractivity contribution in [2.45, 2.75) is 57.4 Å². The van der Waals surface area contributed by atoms with E-state index in [0.717, 1.165) is 30.6 Å². The number of likely N-dealkylation sites (tertiary alicyclic amines) is 1. The normalized spacial score (nSPS) is 20.6. The molecule has 5 rings (SSSR count). The van der Waals surface area contributed by atoms with Gasteiger partial charge in [-0.3, -0.25) is 19.3 Å². The SMILES string of the molecule is CCn1cc(C(=O)N2CCC3(CC2)c2ccccc2[C@H](NC(C)=O)[C@H]3OCc2ccccn2)cn1. The standard InChI is InChI=1S/C27H31N5O3/c1-3-32-17-20(16-29-32)26(34)31-14-11-27(12-15-31)23-10-5-4-9-22(23)24(30-19(2)33)25(27)35-18-21-8-6-7-13-28-21/h4-10,13,16-17,24-25H,3,11-12,14-15,18H2,1-2H3,(H,30,33)/t24-,25+/m0/s1. The Kier molecular flexibility index (Phi) is 6.38. The summed E-state index contributed by atoms with van der Waals surface area (Å²) in [6.45, 7) is 5.85. The molecule has 8 heteroatoms. The zero-order chi connectivity index (χ0) is 24.4. The van der Waals surface area contributed by atoms with E-state index in [1.54, 1.807) is 24.0 Å². The van der Waals surface area contributed by atoms with Crippen LogP contribution in [0.2, 0.25) is 0 Å². The highest BCUT2D eigenvalue weighted by Gasteiger charge is 2.54. The van der Waals surface area contributed by atoms with E-state index in [4.69, 9.17) is 4.74 Å². The Bertz CT molecular complexity index is 1200. The number of carbonyl (C=O) groups is 2. The van der Waals surface area contributed by atoms with Gasteiger partial charge in [-0.2, -0.15) is 5.10 Å². The quantitative estimate of drug-likeness (QED) is 0.594. The minimum atomic E-state index is -0.303. The second kappa shape index (κ2) is 9.62. The Morgan fingerprint density at radius 1 is 1.14 bits per heavy atom. The summed E-state index contributed by atoms with van der Waals surface area (Å²) in [6, 6.07) is 13.8. The van der Waals surface area contributed by atoms with Crippen molar-refractivity contribution < 1.29 is 14.3 Å². The molecule has 182 valence electrons. The third-order valence-electron chi connectivity index (χ3n) is 7.32. The van der Waals surface area contributed by atoms with Gasteiger partial charge in [0, 0.05) is 44.4 Å². The minimum Gasteiger partial charge on any atom is -0.368 e. The summed E-state index contributed by atoms with van der Waals surface area (Å²) in [4.78, 5) is 31.7. The van der Waals surface area contributed by atoms with Gasteiger partial charge >= 0.3 is 0 Å². The van der Waals surface area contributed by atoms with E-state index >= 15 is 0 Å². The van der Waals surface area contributed by atoms with Crippen LogP contribution in [0.15, 0.2) is 61.1 Å². The fourth-order valence-electron chi connectivity index (χ4n) is 5.64. The number of hydrogen-bond donors (Lipinski definition) is 1. The minimum absolute atomic E-state index is 0.00944. The summed E-state index contributed by atoms with van der Waals surface area (Å²) >= 11 is 0. The van der Waals surface area contributed by atoms with Gasteiger partial charge in [-0.05, 0) is 43.0 Å². The number of aromatic nitrogens is 3. The van der Waals surface area contributed by atoms with Crippen LogP contribution in [0.4, 0.5) is 0 Å². The van der Waals surface area contributed by atoms with E-state index in [2.05, 4.69) is 27.5 Å². The fourth-order valence-corrected chi connectivity index (χ4v) is 5.64. The van der Waals surface area contributed by atoms with Gasteiger partial charge < -0.3 is 15.0 Å². The summed E-state index contributed by atoms with van der Waals surface area (Å²) in [5.41, 5.74) is 3.46. The summed E-state index contributed by atoms with van der Waals surface area (Å²) < 4.78 is 8.35. The zero-order valence-corrected chi connectivity index (χ0v) is 20.2. The Labute approximate surface area is 205 Å². The maximum atomic E-state index is 13.2. The van der Waals surface area contributed by atoms with Gasteiger partial charge in [0.15, 0.2) is 0 Å². The molecular weight excluding hydrogens is 442 g/mol. The predicted octanol–water partition coefficient (Wildman–Crippen LogP) is 3.25. The third kappa shape index (κ3) is 4.34. The molecule has 1 N–H and O–H groups in total. The van der Waals surface area contributed by atoms with Crippen molar-refractivity contribution >= 4 is 11.8 Å². The van der Waals surface area contributed by atoms with Crippen molar-refractivity contribution in [3.8, 4) is 0 Å². The first-order valence-electron chi connectivity index (χ1n) is 12.2. The highest BCUT2D eigenvalue weighted by Crippen LogP contribution is 2.52. The van der Waals surface area contributed by atoms with Gasteiger partial charge in [-0.25, -0.2) is 0 Å². The molecule has 8 nitrogen and oxygen atoms in total. The number of nitrogens with zero attached hydrogens (tertiary/aromatic N) is 4. The van der Waals surface area contributed by atoms with Crippen LogP contribution >= 0.6 is 0 Å². The number of rotatable bonds is 6. The molecule has 3 aromatic rings. The molecule has 2 atom stereocenters. The molecule has 2 aliphatic rings. The number of aryl methyl sites for hydroxylation is 1. The molecular formula is C27H31N5O3. The van der Waals surface area contributed by atoms with E-state index < -0.39 is 0 Å². The number of nitrogens with one attached hydrogen (secondary N) is 1. The number of pyridine rings is 1. The highest BCUT2D eigenvalue weighted by atomic mass is 16.5. The largest absolute Gasteiger partial charge is 0.368 e. The smallest absolute Gasteiger partial charge is 0.257 e. The van der Waals surface area contributed by atoms with Crippen LogP contribution in [0.25, 0.3) is 0 Å². The lowest BCUT2D eigenvalue weighted by Gasteiger charge is -2.44. The molecule has 1 fully saturated rings. The third-order valence-corrected chi connectivity index (χ3v) is 7.32. The van der Waals surface area contributed by atoms with Crippen LogP contribution in [-0.2, 0) is 28.1 Å². The monoisotopic (exact) mass is 473 g/mol. The number of fused-ring (bicyclic) bond motifs is 2. The number of hydrogen-bond acceptors (Lipinski definition) is 5. The molecule has 0 saturated carbocycles. The number of carbonyl (C=O) groups excluding carboxylic acids is 2. The van der Waals surface area contributed by atoms with Crippen molar-refractivity contribution in [2.75, 3.05) is 13.1 Å². The van der Waals surface area contributed by atoms with Crippen molar-refractivity contribution in [1.82, 2.24) is 25.0 Å². The first-order chi connectivity index (χ1) is 17.0. The molecule has 1 spiro atoms. The van der Waals surface area contributed by atoms with E-state index in [9.17, 15) is 9.59 Å². The van der Waals surface area contributed by atoms with Gasteiger partial charge in [-0.15, -0.1) is 0 Å². The van der Waals surface area contributed by atoms with Crippen molar-refractivity contribution in [3.63, 3.8) is 0 Å². The van der Waals surface area contributed by atoms with Gasteiger partial charge in [0.2, 0.25) is 5.91 Å². The number of benzene rings is 1. The van der Waals surface area contributed by atoms with Crippen molar-refractivity contribution in [2.24, 2.45) is 0 Å². The molecule has 1 saturated heterocycles. The van der Waals surface area contributed by atoms with Gasteiger partial charge in [0.25, 0.3) is 5.91 Å². The van der Waals surface area contributed by atoms with Crippen LogP contribution in [0.1, 0.15) is 59.9 Å². The summed E-state index contributed by atoms with van der Waals surface area (Å²) in [5, 5.41) is 7.41. The van der Waals surface area contributed by atoms with Gasteiger partial charge in [0.1, 0.15) is 0 Å². The van der Waals surface area contributed by atoms with Crippen molar-refractivity contribution in [3.05, 3.63) is 83.4 Å². The number of piperidine rings is 1. The molecule has 2 aromatic heterocycles. The second-order valence-corrected chi connectivity index (χ2v) is 9.35. The highest BCUT2D eigenvalue weighted by molar-refractivity contribution is 5.93. The molecule has 3 heterocycles. The van der Waals surface area contributed by atoms with E-state index in [0.29, 0.717) is 25.3 Å². The van der Waals surface area contributed by atoms with Crippen LogP contribution in [0.3, 0.4) is 0 Å². The first kappa shape index (κ1) is 23.2. The molecule has 0 unspecified atom stereocenters. The zero-order valence-electron chi connectivity index (χ0n) is 20.2. The van der Waals surface area contributed by atoms with Crippen LogP contribution in [0, 0.1) is 0 Å². The van der Waals surface area contributed by atoms with Gasteiger partial charge in [-0.1, -0.05) is 30.3 Å². The first-order valence-corrected chi connectivity index (χ1v) is 12.2. The van der Waals surface area contributed by atoms with E-state index in [-0.39, 0.29) is 29.4 Å². The fraction of sp³-hybridized carbons (Fsp3) is 0.407. The second-order valence-electron chi connectivity index (χ2n) is 9.35. The van der Waals surface area contributed by atoms with E-state index in [1.165, 1.54) is 5.56 Å². The lowest BCUT2D eigenvalue weighted by Crippen LogP contribution is -2.51. The summed E-state index contributed by atoms with van der Waals surface area (Å²) in [7, 11) is 0. The van der Waals surface area contributed by atoms with Crippen molar-refractivity contribution in [1.29, 1.82) is 0 Å².